The van der Waals surface area contributed by atoms with Crippen molar-refractivity contribution in [1.82, 2.24) is 20.0 Å². The lowest BCUT2D eigenvalue weighted by molar-refractivity contribution is -0.201. The number of hydrogen-bond donors (Lipinski definition) is 1. The molecule has 2 aliphatic heterocycles. The molecular weight excluding hydrogens is 746 g/mol. The largest absolute Gasteiger partial charge is 0.444 e. The molecule has 2 saturated heterocycles. The predicted molar refractivity (Wildman–Crippen MR) is 191 cm³/mol. The van der Waals surface area contributed by atoms with Gasteiger partial charge in [0.1, 0.15) is 28.3 Å². The Morgan fingerprint density at radius 1 is 0.736 bits per heavy atom. The van der Waals surface area contributed by atoms with Gasteiger partial charge in [0, 0.05) is 38.3 Å². The molecule has 2 heterocycles. The number of nitrogens with one attached hydrogen (secondary N) is 1. The Bertz CT molecular complexity index is 1680. The van der Waals surface area contributed by atoms with Crippen LogP contribution in [0.15, 0.2) is 36.4 Å². The summed E-state index contributed by atoms with van der Waals surface area (Å²) in [6.45, 7) is 15.1. The van der Waals surface area contributed by atoms with Crippen molar-refractivity contribution in [2.45, 2.75) is 110 Å². The van der Waals surface area contributed by atoms with Crippen molar-refractivity contribution in [3.8, 4) is 0 Å². The van der Waals surface area contributed by atoms with Crippen molar-refractivity contribution in [2.75, 3.05) is 26.2 Å². The molecule has 0 radical (unpaired) electrons. The number of nitrogens with zero attached hydrogens (tertiary/aromatic N) is 3. The number of ether oxygens (including phenoxy) is 2. The molecule has 1 N–H and O–H groups in total. The number of rotatable bonds is 3. The van der Waals surface area contributed by atoms with Crippen LogP contribution in [0, 0.1) is 17.0 Å². The molecule has 3 amide bonds. The third-order valence-corrected chi connectivity index (χ3v) is 9.70. The minimum Gasteiger partial charge on any atom is -0.444 e. The first-order valence-electron chi connectivity index (χ1n) is 17.3. The maximum absolute atomic E-state index is 13.7. The van der Waals surface area contributed by atoms with Crippen molar-refractivity contribution in [3.05, 3.63) is 69.2 Å². The van der Waals surface area contributed by atoms with Gasteiger partial charge in [-0.25, -0.2) is 18.4 Å². The van der Waals surface area contributed by atoms with Crippen molar-refractivity contribution < 1.29 is 45.8 Å². The Balaban J connectivity index is 0.000000251. The van der Waals surface area contributed by atoms with Crippen molar-refractivity contribution in [2.24, 2.45) is 5.41 Å². The minimum atomic E-state index is -4.64. The molecule has 3 aliphatic rings. The highest BCUT2D eigenvalue weighted by Crippen LogP contribution is 2.59. The number of benzene rings is 2. The minimum absolute atomic E-state index is 0.0335. The van der Waals surface area contributed by atoms with Gasteiger partial charge in [0.05, 0.1) is 22.1 Å². The lowest BCUT2D eigenvalue weighted by Gasteiger charge is -2.46. The number of carbonyl (C=O) groups is 3. The van der Waals surface area contributed by atoms with Crippen LogP contribution in [0.4, 0.5) is 31.5 Å². The predicted octanol–water partition coefficient (Wildman–Crippen LogP) is 9.08. The highest BCUT2D eigenvalue weighted by atomic mass is 35.5. The zero-order valence-electron chi connectivity index (χ0n) is 31.0. The summed E-state index contributed by atoms with van der Waals surface area (Å²) >= 11 is 11.8. The van der Waals surface area contributed by atoms with Gasteiger partial charge in [0.25, 0.3) is 0 Å². The van der Waals surface area contributed by atoms with Gasteiger partial charge < -0.3 is 19.7 Å². The van der Waals surface area contributed by atoms with Gasteiger partial charge in [-0.3, -0.25) is 14.6 Å². The molecule has 2 aromatic carbocycles. The average Bonchev–Trinajstić information content (AvgIpc) is 3.85. The van der Waals surface area contributed by atoms with Crippen LogP contribution >= 0.6 is 23.2 Å². The molecule has 0 aromatic heterocycles. The third kappa shape index (κ3) is 10.2. The van der Waals surface area contributed by atoms with Crippen LogP contribution in [-0.4, -0.2) is 88.4 Å². The molecule has 5 rings (SSSR count). The van der Waals surface area contributed by atoms with E-state index in [1.807, 2.05) is 27.7 Å². The summed E-state index contributed by atoms with van der Waals surface area (Å²) in [5.74, 6) is -2.12. The van der Waals surface area contributed by atoms with E-state index in [2.05, 4.69) is 5.32 Å². The van der Waals surface area contributed by atoms with Crippen LogP contribution in [0.1, 0.15) is 91.4 Å². The molecule has 294 valence electrons. The van der Waals surface area contributed by atoms with E-state index in [1.54, 1.807) is 44.7 Å². The second kappa shape index (κ2) is 15.8. The maximum Gasteiger partial charge on any atom is 0.410 e. The molecule has 53 heavy (non-hydrogen) atoms. The molecular formula is C37H47Cl2F5N4O5. The zero-order chi connectivity index (χ0) is 39.8. The lowest BCUT2D eigenvalue weighted by Crippen LogP contribution is -2.59. The summed E-state index contributed by atoms with van der Waals surface area (Å²) < 4.78 is 78.6. The zero-order valence-corrected chi connectivity index (χ0v) is 32.6. The van der Waals surface area contributed by atoms with E-state index in [9.17, 15) is 36.3 Å². The number of hydrogen-bond acceptors (Lipinski definition) is 6. The second-order valence-electron chi connectivity index (χ2n) is 15.8. The van der Waals surface area contributed by atoms with Gasteiger partial charge in [-0.05, 0) is 104 Å². The van der Waals surface area contributed by atoms with Crippen LogP contribution < -0.4 is 5.32 Å². The Morgan fingerprint density at radius 3 is 1.60 bits per heavy atom. The topological polar surface area (TPSA) is 91.4 Å². The Morgan fingerprint density at radius 2 is 1.19 bits per heavy atom. The normalized spacial score (nSPS) is 23.1. The molecule has 1 saturated carbocycles. The summed E-state index contributed by atoms with van der Waals surface area (Å²) in [5, 5.41) is 3.19. The fraction of sp³-hybridized carbons (Fsp3) is 0.595. The molecule has 9 nitrogen and oxygen atoms in total. The van der Waals surface area contributed by atoms with Gasteiger partial charge in [-0.2, -0.15) is 13.2 Å². The monoisotopic (exact) mass is 792 g/mol. The molecule has 3 fully saturated rings. The first kappa shape index (κ1) is 42.4. The lowest BCUT2D eigenvalue weighted by atomic mass is 9.96. The summed E-state index contributed by atoms with van der Waals surface area (Å²) in [7, 11) is 0. The fourth-order valence-corrected chi connectivity index (χ4v) is 6.63. The molecule has 16 heteroatoms. The van der Waals surface area contributed by atoms with E-state index in [1.165, 1.54) is 28.0 Å². The van der Waals surface area contributed by atoms with Crippen LogP contribution in [0.2, 0.25) is 10.0 Å². The van der Waals surface area contributed by atoms with Crippen molar-refractivity contribution in [1.29, 1.82) is 0 Å². The molecule has 0 bridgehead atoms. The average molecular weight is 794 g/mol. The van der Waals surface area contributed by atoms with E-state index in [0.29, 0.717) is 18.7 Å². The summed E-state index contributed by atoms with van der Waals surface area (Å²) in [6.07, 6.45) is -6.18. The fourth-order valence-electron chi connectivity index (χ4n) is 6.25. The van der Waals surface area contributed by atoms with E-state index in [4.69, 9.17) is 32.7 Å². The quantitative estimate of drug-likeness (QED) is 0.312. The van der Waals surface area contributed by atoms with E-state index in [0.717, 1.165) is 11.6 Å². The first-order chi connectivity index (χ1) is 24.3. The first-order valence-corrected chi connectivity index (χ1v) is 18.1. The maximum atomic E-state index is 13.7. The number of alkyl halides is 3. The van der Waals surface area contributed by atoms with Crippen LogP contribution in [0.5, 0.6) is 0 Å². The van der Waals surface area contributed by atoms with Gasteiger partial charge in [-0.1, -0.05) is 35.3 Å². The van der Waals surface area contributed by atoms with Crippen LogP contribution in [-0.2, 0) is 14.3 Å². The van der Waals surface area contributed by atoms with Crippen LogP contribution in [0.25, 0.3) is 0 Å². The van der Waals surface area contributed by atoms with Crippen molar-refractivity contribution >= 4 is 41.3 Å². The van der Waals surface area contributed by atoms with Gasteiger partial charge >= 0.3 is 18.4 Å². The molecule has 0 spiro atoms. The summed E-state index contributed by atoms with van der Waals surface area (Å²) in [5.41, 5.74) is -2.53. The highest BCUT2D eigenvalue weighted by Gasteiger charge is 2.70. The second-order valence-corrected chi connectivity index (χ2v) is 16.7. The van der Waals surface area contributed by atoms with E-state index >= 15 is 0 Å². The third-order valence-electron chi connectivity index (χ3n) is 9.12. The Kier molecular flexibility index (Phi) is 12.6. The van der Waals surface area contributed by atoms with Gasteiger partial charge in [0.15, 0.2) is 0 Å². The van der Waals surface area contributed by atoms with Gasteiger partial charge in [0.2, 0.25) is 5.91 Å². The number of halogens is 7. The van der Waals surface area contributed by atoms with Crippen molar-refractivity contribution in [3.63, 3.8) is 0 Å². The number of carbonyl (C=O) groups excluding carboxylic acids is 3. The number of amides is 3. The highest BCUT2D eigenvalue weighted by molar-refractivity contribution is 6.31. The number of piperazine rings is 2. The van der Waals surface area contributed by atoms with E-state index in [-0.39, 0.29) is 54.2 Å². The Labute approximate surface area is 317 Å². The smallest absolute Gasteiger partial charge is 0.410 e. The molecule has 1 unspecified atom stereocenters. The molecule has 4 atom stereocenters. The summed E-state index contributed by atoms with van der Waals surface area (Å²) in [6, 6.07) is 6.81. The summed E-state index contributed by atoms with van der Waals surface area (Å²) in [4.78, 5) is 42.4. The molecule has 2 aromatic rings. The van der Waals surface area contributed by atoms with E-state index < -0.39 is 58.5 Å². The SMILES string of the molecule is C[C@@H]1CN(C(=O)OC(C)(C)C)C(c2ccc(F)c(Cl)c2)CN1.C[C@@H]1CN(C(=O)OC(C)(C)C)[C@@H](c2ccc(F)c(Cl)c2)CN1C(=O)C1(C(F)(F)F)CC1. The molecule has 1 aliphatic carbocycles. The van der Waals surface area contributed by atoms with Crippen LogP contribution in [0.3, 0.4) is 0 Å². The van der Waals surface area contributed by atoms with Gasteiger partial charge in [-0.15, -0.1) is 0 Å². The standard InChI is InChI=1S/C21H25ClF4N2O3.C16H22ClFN2O2/c1-12-10-28(18(30)31-19(2,3)4)16(13-5-6-15(23)14(22)9-13)11-27(12)17(29)20(7-8-20)21(24,25)26;1-10-9-20(15(21)22-16(2,3)4)14(8-19-10)11-5-6-13(18)12(17)7-11/h5-6,9,12,16H,7-8,10-11H2,1-4H3;5-7,10,14,19H,8-9H2,1-4H3/t12-,16-;10-,14?/m11/s1. The Hall–Kier alpha value is -3.36.